The van der Waals surface area contributed by atoms with Gasteiger partial charge in [-0.2, -0.15) is 0 Å². The Balaban J connectivity index is 1.64. The molecule has 1 aliphatic heterocycles. The SMILES string of the molecule is Cc1cc(Nc2ccc(N3CCNCC3)cc2)c2c(=O)[nH]ccc2n1. The van der Waals surface area contributed by atoms with Crippen LogP contribution in [0.25, 0.3) is 10.9 Å². The number of hydrogen-bond acceptors (Lipinski definition) is 5. The van der Waals surface area contributed by atoms with Gasteiger partial charge in [0, 0.05) is 49.4 Å². The van der Waals surface area contributed by atoms with Crippen LogP contribution in [0.4, 0.5) is 17.1 Å². The van der Waals surface area contributed by atoms with Crippen molar-refractivity contribution in [3.63, 3.8) is 0 Å². The monoisotopic (exact) mass is 335 g/mol. The summed E-state index contributed by atoms with van der Waals surface area (Å²) in [4.78, 5) is 21.8. The first-order chi connectivity index (χ1) is 12.2. The largest absolute Gasteiger partial charge is 0.369 e. The van der Waals surface area contributed by atoms with E-state index in [1.165, 1.54) is 5.69 Å². The van der Waals surface area contributed by atoms with Crippen LogP contribution in [0.1, 0.15) is 5.69 Å². The van der Waals surface area contributed by atoms with Crippen LogP contribution >= 0.6 is 0 Å². The van der Waals surface area contributed by atoms with Gasteiger partial charge in [0.05, 0.1) is 16.6 Å². The number of aromatic nitrogens is 2. The molecule has 0 atom stereocenters. The van der Waals surface area contributed by atoms with Gasteiger partial charge < -0.3 is 20.5 Å². The number of piperazine rings is 1. The summed E-state index contributed by atoms with van der Waals surface area (Å²) in [5.74, 6) is 0. The summed E-state index contributed by atoms with van der Waals surface area (Å²) in [6, 6.07) is 12.1. The minimum absolute atomic E-state index is 0.134. The minimum atomic E-state index is -0.134. The summed E-state index contributed by atoms with van der Waals surface area (Å²) in [5.41, 5.74) is 4.39. The molecule has 0 spiro atoms. The van der Waals surface area contributed by atoms with Crippen molar-refractivity contribution in [3.8, 4) is 0 Å². The van der Waals surface area contributed by atoms with Crippen molar-refractivity contribution in [1.29, 1.82) is 0 Å². The Morgan fingerprint density at radius 3 is 2.64 bits per heavy atom. The Bertz CT molecular complexity index is 942. The van der Waals surface area contributed by atoms with Gasteiger partial charge in [0.2, 0.25) is 0 Å². The molecule has 0 aliphatic carbocycles. The third-order valence-electron chi connectivity index (χ3n) is 4.49. The number of anilines is 3. The number of hydrogen-bond donors (Lipinski definition) is 3. The maximum Gasteiger partial charge on any atom is 0.259 e. The van der Waals surface area contributed by atoms with E-state index in [1.54, 1.807) is 6.20 Å². The fourth-order valence-corrected chi connectivity index (χ4v) is 3.26. The van der Waals surface area contributed by atoms with Gasteiger partial charge in [0.25, 0.3) is 5.56 Å². The minimum Gasteiger partial charge on any atom is -0.369 e. The van der Waals surface area contributed by atoms with Gasteiger partial charge in [-0.1, -0.05) is 0 Å². The quantitative estimate of drug-likeness (QED) is 0.685. The predicted octanol–water partition coefficient (Wildman–Crippen LogP) is 2.38. The second-order valence-electron chi connectivity index (χ2n) is 6.29. The lowest BCUT2D eigenvalue weighted by atomic mass is 10.2. The lowest BCUT2D eigenvalue weighted by Crippen LogP contribution is -2.43. The highest BCUT2D eigenvalue weighted by atomic mass is 16.1. The van der Waals surface area contributed by atoms with Crippen molar-refractivity contribution in [2.75, 3.05) is 36.4 Å². The molecule has 0 radical (unpaired) electrons. The van der Waals surface area contributed by atoms with Crippen LogP contribution in [0.2, 0.25) is 0 Å². The highest BCUT2D eigenvalue weighted by molar-refractivity contribution is 5.92. The number of nitrogens with one attached hydrogen (secondary N) is 3. The summed E-state index contributed by atoms with van der Waals surface area (Å²) in [7, 11) is 0. The third-order valence-corrected chi connectivity index (χ3v) is 4.49. The van der Waals surface area contributed by atoms with Gasteiger partial charge in [-0.05, 0) is 43.3 Å². The van der Waals surface area contributed by atoms with Gasteiger partial charge >= 0.3 is 0 Å². The molecule has 2 aromatic heterocycles. The third kappa shape index (κ3) is 3.21. The van der Waals surface area contributed by atoms with E-state index in [0.29, 0.717) is 10.9 Å². The van der Waals surface area contributed by atoms with E-state index in [-0.39, 0.29) is 5.56 Å². The molecule has 3 aromatic rings. The Morgan fingerprint density at radius 1 is 1.12 bits per heavy atom. The van der Waals surface area contributed by atoms with E-state index in [9.17, 15) is 4.79 Å². The van der Waals surface area contributed by atoms with Crippen LogP contribution in [0, 0.1) is 6.92 Å². The van der Waals surface area contributed by atoms with Crippen LogP contribution in [-0.2, 0) is 0 Å². The average molecular weight is 335 g/mol. The molecular weight excluding hydrogens is 314 g/mol. The number of nitrogens with zero attached hydrogens (tertiary/aromatic N) is 2. The molecule has 1 aliphatic rings. The van der Waals surface area contributed by atoms with Crippen LogP contribution in [0.3, 0.4) is 0 Å². The molecule has 6 heteroatoms. The Labute approximate surface area is 145 Å². The van der Waals surface area contributed by atoms with E-state index in [4.69, 9.17) is 0 Å². The molecule has 3 heterocycles. The molecule has 4 rings (SSSR count). The first-order valence-electron chi connectivity index (χ1n) is 8.52. The predicted molar refractivity (Wildman–Crippen MR) is 102 cm³/mol. The van der Waals surface area contributed by atoms with Crippen molar-refractivity contribution in [2.45, 2.75) is 6.92 Å². The van der Waals surface area contributed by atoms with Crippen LogP contribution in [0.15, 0.2) is 47.4 Å². The normalized spacial score (nSPS) is 14.7. The molecule has 1 saturated heterocycles. The number of rotatable bonds is 3. The Hall–Kier alpha value is -2.86. The van der Waals surface area contributed by atoms with Gasteiger partial charge in [0.15, 0.2) is 0 Å². The standard InChI is InChI=1S/C19H21N5O/c1-13-12-17(18-16(22-13)6-7-21-19(18)25)23-14-2-4-15(5-3-14)24-10-8-20-9-11-24/h2-7,12,20H,8-11H2,1H3,(H,21,25)(H,22,23). The number of pyridine rings is 2. The second kappa shape index (κ2) is 6.57. The molecule has 0 saturated carbocycles. The van der Waals surface area contributed by atoms with Crippen molar-refractivity contribution < 1.29 is 0 Å². The average Bonchev–Trinajstić information content (AvgIpc) is 2.63. The topological polar surface area (TPSA) is 73.0 Å². The summed E-state index contributed by atoms with van der Waals surface area (Å²) in [6.07, 6.45) is 1.63. The number of benzene rings is 1. The van der Waals surface area contributed by atoms with Crippen LogP contribution in [-0.4, -0.2) is 36.1 Å². The van der Waals surface area contributed by atoms with Gasteiger partial charge in [-0.15, -0.1) is 0 Å². The van der Waals surface area contributed by atoms with Gasteiger partial charge in [-0.3, -0.25) is 9.78 Å². The van der Waals surface area contributed by atoms with E-state index in [2.05, 4.69) is 49.8 Å². The summed E-state index contributed by atoms with van der Waals surface area (Å²) in [6.45, 7) is 6.02. The first kappa shape index (κ1) is 15.7. The lowest BCUT2D eigenvalue weighted by Gasteiger charge is -2.29. The molecular formula is C19H21N5O. The first-order valence-corrected chi connectivity index (χ1v) is 8.52. The fourth-order valence-electron chi connectivity index (χ4n) is 3.26. The highest BCUT2D eigenvalue weighted by Gasteiger charge is 2.11. The number of H-pyrrole nitrogens is 1. The molecule has 1 aromatic carbocycles. The molecule has 0 unspecified atom stereocenters. The lowest BCUT2D eigenvalue weighted by molar-refractivity contribution is 0.589. The summed E-state index contributed by atoms with van der Waals surface area (Å²) in [5, 5.41) is 7.31. The summed E-state index contributed by atoms with van der Waals surface area (Å²) >= 11 is 0. The second-order valence-corrected chi connectivity index (χ2v) is 6.29. The zero-order valence-electron chi connectivity index (χ0n) is 14.2. The van der Waals surface area contributed by atoms with Crippen LogP contribution in [0.5, 0.6) is 0 Å². The maximum atomic E-state index is 12.2. The maximum absolute atomic E-state index is 12.2. The Morgan fingerprint density at radius 2 is 1.88 bits per heavy atom. The van der Waals surface area contributed by atoms with Gasteiger partial charge in [-0.25, -0.2) is 0 Å². The molecule has 25 heavy (non-hydrogen) atoms. The molecule has 6 nitrogen and oxygen atoms in total. The smallest absolute Gasteiger partial charge is 0.259 e. The number of aromatic amines is 1. The zero-order valence-corrected chi connectivity index (χ0v) is 14.2. The van der Waals surface area contributed by atoms with E-state index >= 15 is 0 Å². The molecule has 1 fully saturated rings. The van der Waals surface area contributed by atoms with Gasteiger partial charge in [0.1, 0.15) is 0 Å². The van der Waals surface area contributed by atoms with Crippen molar-refractivity contribution >= 4 is 28.0 Å². The molecule has 3 N–H and O–H groups in total. The summed E-state index contributed by atoms with van der Waals surface area (Å²) < 4.78 is 0. The van der Waals surface area contributed by atoms with E-state index < -0.39 is 0 Å². The molecule has 0 amide bonds. The van der Waals surface area contributed by atoms with E-state index in [0.717, 1.165) is 43.2 Å². The Kier molecular flexibility index (Phi) is 4.11. The number of fused-ring (bicyclic) bond motifs is 1. The zero-order chi connectivity index (χ0) is 17.2. The van der Waals surface area contributed by atoms with E-state index in [1.807, 2.05) is 19.1 Å². The van der Waals surface area contributed by atoms with Crippen molar-refractivity contribution in [3.05, 3.63) is 58.6 Å². The highest BCUT2D eigenvalue weighted by Crippen LogP contribution is 2.25. The molecule has 128 valence electrons. The fraction of sp³-hybridized carbons (Fsp3) is 0.263. The van der Waals surface area contributed by atoms with Crippen LogP contribution < -0.4 is 21.1 Å². The number of aryl methyl sites for hydroxylation is 1. The molecule has 0 bridgehead atoms. The van der Waals surface area contributed by atoms with Crippen molar-refractivity contribution in [2.24, 2.45) is 0 Å². The van der Waals surface area contributed by atoms with Crippen molar-refractivity contribution in [1.82, 2.24) is 15.3 Å².